The first kappa shape index (κ1) is 15.9. The second kappa shape index (κ2) is 5.89. The molecule has 0 N–H and O–H groups in total. The van der Waals surface area contributed by atoms with Crippen LogP contribution in [0, 0.1) is 12.3 Å². The molecule has 0 aliphatic carbocycles. The SMILES string of the molecule is C#CC(C)(C)[O-].[Br-].[Mg+2]. The number of halogens is 1. The normalized spacial score (nSPS) is 7.75. The monoisotopic (exact) mass is 186 g/mol. The maximum absolute atomic E-state index is 10.2. The largest absolute Gasteiger partial charge is 2.00 e. The minimum Gasteiger partial charge on any atom is -1.00 e. The van der Waals surface area contributed by atoms with Crippen LogP contribution in [0.15, 0.2) is 0 Å². The molecule has 0 spiro atoms. The second-order valence-electron chi connectivity index (χ2n) is 1.65. The van der Waals surface area contributed by atoms with Crippen LogP contribution in [0.3, 0.4) is 0 Å². The van der Waals surface area contributed by atoms with E-state index in [1.807, 2.05) is 5.92 Å². The molecule has 0 aromatic rings. The Morgan fingerprint density at radius 3 is 1.62 bits per heavy atom. The van der Waals surface area contributed by atoms with Crippen LogP contribution in [0.5, 0.6) is 0 Å². The molecule has 0 fully saturated rings. The van der Waals surface area contributed by atoms with E-state index < -0.39 is 5.60 Å². The summed E-state index contributed by atoms with van der Waals surface area (Å²) in [6, 6.07) is 0. The molecule has 0 bridgehead atoms. The van der Waals surface area contributed by atoms with Gasteiger partial charge in [0, 0.05) is 0 Å². The molecular weight excluding hydrogens is 180 g/mol. The van der Waals surface area contributed by atoms with Crippen molar-refractivity contribution in [1.82, 2.24) is 0 Å². The van der Waals surface area contributed by atoms with E-state index >= 15 is 0 Å². The van der Waals surface area contributed by atoms with Gasteiger partial charge in [-0.05, 0) is 0 Å². The van der Waals surface area contributed by atoms with Gasteiger partial charge in [-0.1, -0.05) is 19.4 Å². The molecule has 0 saturated carbocycles. The Labute approximate surface area is 76.8 Å². The summed E-state index contributed by atoms with van der Waals surface area (Å²) in [4.78, 5) is 0. The fourth-order valence-electron chi connectivity index (χ4n) is 0. The van der Waals surface area contributed by atoms with Gasteiger partial charge in [-0.25, -0.2) is 0 Å². The van der Waals surface area contributed by atoms with Gasteiger partial charge in [0.05, 0.1) is 0 Å². The molecule has 0 aromatic heterocycles. The zero-order valence-corrected chi connectivity index (χ0v) is 8.07. The van der Waals surface area contributed by atoms with Gasteiger partial charge in [-0.15, -0.1) is 12.3 Å². The molecule has 0 heterocycles. The van der Waals surface area contributed by atoms with E-state index in [1.165, 1.54) is 13.8 Å². The fourth-order valence-corrected chi connectivity index (χ4v) is 0. The predicted octanol–water partition coefficient (Wildman–Crippen LogP) is -3.62. The molecule has 0 amide bonds. The molecular formula is C5H7BrMgO. The molecule has 0 aromatic carbocycles. The molecule has 0 atom stereocenters. The maximum atomic E-state index is 10.2. The molecule has 0 aliphatic rings. The molecule has 0 rings (SSSR count). The van der Waals surface area contributed by atoms with Gasteiger partial charge in [-0.3, -0.25) is 0 Å². The molecule has 42 valence electrons. The molecule has 0 saturated heterocycles. The Morgan fingerprint density at radius 1 is 1.50 bits per heavy atom. The van der Waals surface area contributed by atoms with E-state index in [-0.39, 0.29) is 40.0 Å². The molecule has 0 aliphatic heterocycles. The van der Waals surface area contributed by atoms with Gasteiger partial charge in [-0.2, -0.15) is 0 Å². The first-order valence-electron chi connectivity index (χ1n) is 1.74. The average Bonchev–Trinajstić information content (AvgIpc) is 1.35. The summed E-state index contributed by atoms with van der Waals surface area (Å²) in [5.74, 6) is 2.05. The molecule has 8 heavy (non-hydrogen) atoms. The van der Waals surface area contributed by atoms with E-state index in [0.29, 0.717) is 0 Å². The van der Waals surface area contributed by atoms with Crippen LogP contribution in [0.25, 0.3) is 0 Å². The first-order chi connectivity index (χ1) is 2.56. The molecule has 0 unspecified atom stereocenters. The average molecular weight is 187 g/mol. The Hall–Kier alpha value is 0.766. The fraction of sp³-hybridized carbons (Fsp3) is 0.600. The number of hydrogen-bond donors (Lipinski definition) is 0. The van der Waals surface area contributed by atoms with Crippen molar-refractivity contribution in [2.75, 3.05) is 0 Å². The summed E-state index contributed by atoms with van der Waals surface area (Å²) in [5.41, 5.74) is -1.18. The van der Waals surface area contributed by atoms with Gasteiger partial charge in [0.2, 0.25) is 0 Å². The van der Waals surface area contributed by atoms with Crippen LogP contribution in [0.4, 0.5) is 0 Å². The predicted molar refractivity (Wildman–Crippen MR) is 28.7 cm³/mol. The van der Waals surface area contributed by atoms with Crippen molar-refractivity contribution in [1.29, 1.82) is 0 Å². The van der Waals surface area contributed by atoms with Crippen molar-refractivity contribution in [2.24, 2.45) is 0 Å². The van der Waals surface area contributed by atoms with Crippen molar-refractivity contribution in [3.63, 3.8) is 0 Å². The van der Waals surface area contributed by atoms with Gasteiger partial charge >= 0.3 is 23.1 Å². The zero-order chi connectivity index (χ0) is 5.21. The van der Waals surface area contributed by atoms with Crippen LogP contribution in [-0.4, -0.2) is 28.7 Å². The second-order valence-corrected chi connectivity index (χ2v) is 1.65. The molecule has 3 heteroatoms. The van der Waals surface area contributed by atoms with Gasteiger partial charge in [0.1, 0.15) is 0 Å². The van der Waals surface area contributed by atoms with E-state index in [4.69, 9.17) is 6.42 Å². The van der Waals surface area contributed by atoms with Gasteiger partial charge < -0.3 is 22.1 Å². The number of rotatable bonds is 0. The van der Waals surface area contributed by atoms with Crippen molar-refractivity contribution >= 4 is 23.1 Å². The summed E-state index contributed by atoms with van der Waals surface area (Å²) < 4.78 is 0. The molecule has 1 nitrogen and oxygen atoms in total. The van der Waals surface area contributed by atoms with Crippen LogP contribution in [-0.2, 0) is 0 Å². The third-order valence-corrected chi connectivity index (χ3v) is 0.348. The summed E-state index contributed by atoms with van der Waals surface area (Å²) in [5, 5.41) is 10.2. The number of hydrogen-bond acceptors (Lipinski definition) is 1. The van der Waals surface area contributed by atoms with Crippen molar-refractivity contribution < 1.29 is 22.1 Å². The van der Waals surface area contributed by atoms with Crippen LogP contribution >= 0.6 is 0 Å². The Bertz CT molecular complexity index is 79.4. The standard InChI is InChI=1S/C5H7O.BrH.Mg/c1-4-5(2,3)6;;/h1H,2-3H3;1H;/q-1;;+2/p-1. The quantitative estimate of drug-likeness (QED) is 0.284. The third-order valence-electron chi connectivity index (χ3n) is 0.348. The van der Waals surface area contributed by atoms with Crippen molar-refractivity contribution in [3.05, 3.63) is 0 Å². The van der Waals surface area contributed by atoms with Crippen molar-refractivity contribution in [2.45, 2.75) is 19.4 Å². The van der Waals surface area contributed by atoms with Gasteiger partial charge in [0.15, 0.2) is 0 Å². The zero-order valence-electron chi connectivity index (χ0n) is 5.07. The Balaban J connectivity index is -0.000000125. The summed E-state index contributed by atoms with van der Waals surface area (Å²) in [7, 11) is 0. The van der Waals surface area contributed by atoms with Crippen LogP contribution < -0.4 is 22.1 Å². The molecule has 0 radical (unpaired) electrons. The van der Waals surface area contributed by atoms with E-state index in [9.17, 15) is 5.11 Å². The van der Waals surface area contributed by atoms with Crippen LogP contribution in [0.2, 0.25) is 0 Å². The van der Waals surface area contributed by atoms with Gasteiger partial charge in [0.25, 0.3) is 0 Å². The van der Waals surface area contributed by atoms with Crippen LogP contribution in [0.1, 0.15) is 13.8 Å². The summed E-state index contributed by atoms with van der Waals surface area (Å²) in [6.45, 7) is 2.90. The van der Waals surface area contributed by atoms with E-state index in [2.05, 4.69) is 0 Å². The minimum absolute atomic E-state index is 0. The Kier molecular flexibility index (Phi) is 11.7. The minimum atomic E-state index is -1.18. The summed E-state index contributed by atoms with van der Waals surface area (Å²) >= 11 is 0. The maximum Gasteiger partial charge on any atom is 2.00 e. The third kappa shape index (κ3) is 15.9. The summed E-state index contributed by atoms with van der Waals surface area (Å²) in [6.07, 6.45) is 4.74. The Morgan fingerprint density at radius 2 is 1.62 bits per heavy atom. The smallest absolute Gasteiger partial charge is 1.00 e. The van der Waals surface area contributed by atoms with E-state index in [1.54, 1.807) is 0 Å². The topological polar surface area (TPSA) is 23.1 Å². The van der Waals surface area contributed by atoms with Crippen molar-refractivity contribution in [3.8, 4) is 12.3 Å². The number of terminal acetylenes is 1. The van der Waals surface area contributed by atoms with E-state index in [0.717, 1.165) is 0 Å². The first-order valence-corrected chi connectivity index (χ1v) is 1.74.